The van der Waals surface area contributed by atoms with Crippen LogP contribution < -0.4 is 10.6 Å². The Labute approximate surface area is 91.4 Å². The van der Waals surface area contributed by atoms with Crippen LogP contribution in [0, 0.1) is 5.41 Å². The molecule has 0 bridgehead atoms. The molecule has 2 aliphatic heterocycles. The maximum absolute atomic E-state index is 11.6. The molecule has 2 aliphatic rings. The highest BCUT2D eigenvalue weighted by Crippen LogP contribution is 2.35. The third-order valence-corrected chi connectivity index (χ3v) is 3.72. The lowest BCUT2D eigenvalue weighted by atomic mass is 9.74. The van der Waals surface area contributed by atoms with Crippen molar-refractivity contribution in [3.8, 4) is 0 Å². The van der Waals surface area contributed by atoms with Crippen molar-refractivity contribution in [2.45, 2.75) is 25.7 Å². The zero-order valence-corrected chi connectivity index (χ0v) is 9.51. The Hall–Kier alpha value is -0.770. The van der Waals surface area contributed by atoms with Gasteiger partial charge in [0.15, 0.2) is 0 Å². The number of carbonyl (C=O) groups excluding carboxylic acids is 1. The maximum Gasteiger partial charge on any atom is 0.317 e. The van der Waals surface area contributed by atoms with Gasteiger partial charge in [0.25, 0.3) is 0 Å². The van der Waals surface area contributed by atoms with Crippen LogP contribution in [0.2, 0.25) is 0 Å². The van der Waals surface area contributed by atoms with Gasteiger partial charge in [-0.05, 0) is 32.2 Å². The number of piperidine rings is 2. The first-order valence-electron chi connectivity index (χ1n) is 5.93. The summed E-state index contributed by atoms with van der Waals surface area (Å²) < 4.78 is 0. The Bertz CT molecular complexity index is 230. The topological polar surface area (TPSA) is 44.4 Å². The van der Waals surface area contributed by atoms with E-state index in [1.54, 1.807) is 7.05 Å². The highest BCUT2D eigenvalue weighted by Gasteiger charge is 2.37. The Balaban J connectivity index is 1.99. The van der Waals surface area contributed by atoms with Crippen LogP contribution >= 0.6 is 0 Å². The van der Waals surface area contributed by atoms with Crippen molar-refractivity contribution in [2.24, 2.45) is 5.41 Å². The van der Waals surface area contributed by atoms with Gasteiger partial charge in [0.1, 0.15) is 0 Å². The van der Waals surface area contributed by atoms with Crippen LogP contribution in [0.3, 0.4) is 0 Å². The first kappa shape index (κ1) is 10.7. The largest absolute Gasteiger partial charge is 0.341 e. The van der Waals surface area contributed by atoms with Crippen LogP contribution in [0.5, 0.6) is 0 Å². The number of likely N-dealkylation sites (tertiary alicyclic amines) is 1. The van der Waals surface area contributed by atoms with Gasteiger partial charge in [0, 0.05) is 32.1 Å². The quantitative estimate of drug-likeness (QED) is 0.622. The van der Waals surface area contributed by atoms with E-state index in [1.165, 1.54) is 19.3 Å². The highest BCUT2D eigenvalue weighted by molar-refractivity contribution is 5.73. The fraction of sp³-hybridized carbons (Fsp3) is 0.909. The van der Waals surface area contributed by atoms with Crippen molar-refractivity contribution in [2.75, 3.05) is 33.2 Å². The van der Waals surface area contributed by atoms with Crippen molar-refractivity contribution >= 4 is 6.03 Å². The number of amides is 2. The summed E-state index contributed by atoms with van der Waals surface area (Å²) in [6.07, 6.45) is 4.94. The number of nitrogens with one attached hydrogen (secondary N) is 2. The van der Waals surface area contributed by atoms with E-state index in [0.717, 1.165) is 32.6 Å². The van der Waals surface area contributed by atoms with E-state index < -0.39 is 0 Å². The molecule has 0 saturated carbocycles. The average molecular weight is 211 g/mol. The molecule has 86 valence electrons. The first-order chi connectivity index (χ1) is 7.26. The van der Waals surface area contributed by atoms with Gasteiger partial charge in [-0.25, -0.2) is 4.79 Å². The summed E-state index contributed by atoms with van der Waals surface area (Å²) in [5.74, 6) is 0. The van der Waals surface area contributed by atoms with Gasteiger partial charge in [-0.3, -0.25) is 0 Å². The number of urea groups is 1. The summed E-state index contributed by atoms with van der Waals surface area (Å²) in [7, 11) is 1.71. The summed E-state index contributed by atoms with van der Waals surface area (Å²) in [4.78, 5) is 13.6. The van der Waals surface area contributed by atoms with E-state index in [2.05, 4.69) is 10.6 Å². The third kappa shape index (κ3) is 2.25. The molecule has 0 aromatic rings. The minimum absolute atomic E-state index is 0.0830. The van der Waals surface area contributed by atoms with E-state index in [-0.39, 0.29) is 6.03 Å². The van der Waals surface area contributed by atoms with Crippen LogP contribution in [-0.2, 0) is 0 Å². The number of carbonyl (C=O) groups is 1. The molecule has 4 heteroatoms. The molecule has 0 aliphatic carbocycles. The number of rotatable bonds is 0. The second-order valence-corrected chi connectivity index (χ2v) is 4.86. The number of nitrogens with zero attached hydrogens (tertiary/aromatic N) is 1. The predicted octanol–water partition coefficient (Wildman–Crippen LogP) is 0.791. The Morgan fingerprint density at radius 2 is 2.20 bits per heavy atom. The average Bonchev–Trinajstić information content (AvgIpc) is 2.29. The molecular formula is C11H21N3O. The van der Waals surface area contributed by atoms with Crippen molar-refractivity contribution in [1.82, 2.24) is 15.5 Å². The summed E-state index contributed by atoms with van der Waals surface area (Å²) in [6, 6.07) is 0.0830. The molecule has 1 spiro atoms. The molecule has 2 saturated heterocycles. The molecule has 2 fully saturated rings. The van der Waals surface area contributed by atoms with Gasteiger partial charge < -0.3 is 15.5 Å². The van der Waals surface area contributed by atoms with Crippen LogP contribution in [-0.4, -0.2) is 44.2 Å². The zero-order chi connectivity index (χ0) is 10.7. The molecular weight excluding hydrogens is 190 g/mol. The van der Waals surface area contributed by atoms with Crippen LogP contribution in [0.25, 0.3) is 0 Å². The highest BCUT2D eigenvalue weighted by atomic mass is 16.2. The summed E-state index contributed by atoms with van der Waals surface area (Å²) >= 11 is 0. The molecule has 0 aromatic carbocycles. The monoisotopic (exact) mass is 211 g/mol. The van der Waals surface area contributed by atoms with Gasteiger partial charge >= 0.3 is 6.03 Å². The van der Waals surface area contributed by atoms with Crippen molar-refractivity contribution in [1.29, 1.82) is 0 Å². The first-order valence-corrected chi connectivity index (χ1v) is 5.93. The molecule has 1 atom stereocenters. The molecule has 2 rings (SSSR count). The standard InChI is InChI=1S/C11H21N3O/c1-12-10(15)14-7-3-5-11(9-14)4-2-6-13-8-11/h13H,2-9H2,1H3,(H,12,15). The molecule has 2 amide bonds. The smallest absolute Gasteiger partial charge is 0.317 e. The zero-order valence-electron chi connectivity index (χ0n) is 9.51. The van der Waals surface area contributed by atoms with Gasteiger partial charge in [-0.2, -0.15) is 0 Å². The molecule has 15 heavy (non-hydrogen) atoms. The minimum atomic E-state index is 0.0830. The molecule has 2 heterocycles. The maximum atomic E-state index is 11.6. The SMILES string of the molecule is CNC(=O)N1CCCC2(CCCNC2)C1. The van der Waals surface area contributed by atoms with Gasteiger partial charge in [0.05, 0.1) is 0 Å². The van der Waals surface area contributed by atoms with Gasteiger partial charge in [0.2, 0.25) is 0 Å². The van der Waals surface area contributed by atoms with E-state index in [9.17, 15) is 4.79 Å². The van der Waals surface area contributed by atoms with Crippen molar-refractivity contribution in [3.05, 3.63) is 0 Å². The molecule has 4 nitrogen and oxygen atoms in total. The van der Waals surface area contributed by atoms with E-state index in [0.29, 0.717) is 5.41 Å². The third-order valence-electron chi connectivity index (χ3n) is 3.72. The van der Waals surface area contributed by atoms with E-state index in [1.807, 2.05) is 4.90 Å². The van der Waals surface area contributed by atoms with Gasteiger partial charge in [-0.1, -0.05) is 0 Å². The lowest BCUT2D eigenvalue weighted by Gasteiger charge is -2.45. The Morgan fingerprint density at radius 1 is 1.40 bits per heavy atom. The second kappa shape index (κ2) is 4.39. The number of hydrogen-bond acceptors (Lipinski definition) is 2. The molecule has 2 N–H and O–H groups in total. The van der Waals surface area contributed by atoms with E-state index in [4.69, 9.17) is 0 Å². The fourth-order valence-electron chi connectivity index (χ4n) is 2.92. The lowest BCUT2D eigenvalue weighted by Crippen LogP contribution is -2.54. The van der Waals surface area contributed by atoms with Crippen LogP contribution in [0.1, 0.15) is 25.7 Å². The Kier molecular flexibility index (Phi) is 3.14. The molecule has 0 radical (unpaired) electrons. The van der Waals surface area contributed by atoms with Gasteiger partial charge in [-0.15, -0.1) is 0 Å². The van der Waals surface area contributed by atoms with Crippen LogP contribution in [0.4, 0.5) is 4.79 Å². The van der Waals surface area contributed by atoms with Crippen molar-refractivity contribution in [3.63, 3.8) is 0 Å². The second-order valence-electron chi connectivity index (χ2n) is 4.86. The van der Waals surface area contributed by atoms with Crippen molar-refractivity contribution < 1.29 is 4.79 Å². The summed E-state index contributed by atoms with van der Waals surface area (Å²) in [5, 5.41) is 6.19. The number of hydrogen-bond donors (Lipinski definition) is 2. The Morgan fingerprint density at radius 3 is 2.87 bits per heavy atom. The summed E-state index contributed by atoms with van der Waals surface area (Å²) in [5.41, 5.74) is 0.364. The lowest BCUT2D eigenvalue weighted by molar-refractivity contribution is 0.0821. The fourth-order valence-corrected chi connectivity index (χ4v) is 2.92. The minimum Gasteiger partial charge on any atom is -0.341 e. The molecule has 1 unspecified atom stereocenters. The normalized spacial score (nSPS) is 31.7. The predicted molar refractivity (Wildman–Crippen MR) is 59.8 cm³/mol. The summed E-state index contributed by atoms with van der Waals surface area (Å²) in [6.45, 7) is 4.07. The molecule has 0 aromatic heterocycles. The van der Waals surface area contributed by atoms with Crippen LogP contribution in [0.15, 0.2) is 0 Å². The van der Waals surface area contributed by atoms with E-state index >= 15 is 0 Å².